The summed E-state index contributed by atoms with van der Waals surface area (Å²) >= 11 is 2.06. The minimum Gasteiger partial charge on any atom is -0.316 e. The van der Waals surface area contributed by atoms with Gasteiger partial charge in [-0.1, -0.05) is 24.1 Å². The summed E-state index contributed by atoms with van der Waals surface area (Å²) in [6.45, 7) is 4.38. The van der Waals surface area contributed by atoms with Crippen molar-refractivity contribution in [3.8, 4) is 0 Å². The van der Waals surface area contributed by atoms with E-state index in [2.05, 4.69) is 56.2 Å². The van der Waals surface area contributed by atoms with Gasteiger partial charge in [0.1, 0.15) is 0 Å². The minimum absolute atomic E-state index is 0.700. The van der Waals surface area contributed by atoms with Crippen LogP contribution in [-0.4, -0.2) is 18.3 Å². The third-order valence-corrected chi connectivity index (χ3v) is 5.01. The van der Waals surface area contributed by atoms with Crippen LogP contribution < -0.4 is 5.32 Å². The van der Waals surface area contributed by atoms with E-state index in [0.717, 1.165) is 5.25 Å². The zero-order chi connectivity index (χ0) is 11.5. The molecule has 1 fully saturated rings. The maximum absolute atomic E-state index is 3.44. The molecule has 2 atom stereocenters. The van der Waals surface area contributed by atoms with Crippen molar-refractivity contribution >= 4 is 11.8 Å². The van der Waals surface area contributed by atoms with Gasteiger partial charge in [-0.3, -0.25) is 0 Å². The molecular weight excluding hydrogens is 214 g/mol. The molecule has 1 aromatic rings. The molecule has 0 aromatic heterocycles. The van der Waals surface area contributed by atoms with E-state index < -0.39 is 0 Å². The van der Waals surface area contributed by atoms with E-state index in [0.29, 0.717) is 6.04 Å². The third-order valence-electron chi connectivity index (χ3n) is 3.43. The molecule has 2 unspecified atom stereocenters. The van der Waals surface area contributed by atoms with Crippen molar-refractivity contribution in [2.45, 2.75) is 49.3 Å². The quantitative estimate of drug-likeness (QED) is 0.860. The Balaban J connectivity index is 2.08. The summed E-state index contributed by atoms with van der Waals surface area (Å²) in [4.78, 5) is 1.46. The van der Waals surface area contributed by atoms with Gasteiger partial charge >= 0.3 is 0 Å². The lowest BCUT2D eigenvalue weighted by Gasteiger charge is -2.19. The number of hydrogen-bond acceptors (Lipinski definition) is 2. The first-order valence-corrected chi connectivity index (χ1v) is 7.00. The molecule has 0 amide bonds. The van der Waals surface area contributed by atoms with Crippen LogP contribution in [0.1, 0.15) is 30.4 Å². The highest BCUT2D eigenvalue weighted by atomic mass is 32.2. The molecule has 2 heteroatoms. The molecule has 16 heavy (non-hydrogen) atoms. The van der Waals surface area contributed by atoms with Gasteiger partial charge in [-0.2, -0.15) is 0 Å². The lowest BCUT2D eigenvalue weighted by molar-refractivity contribution is 0.591. The van der Waals surface area contributed by atoms with Gasteiger partial charge in [0.15, 0.2) is 0 Å². The third kappa shape index (κ3) is 2.61. The van der Waals surface area contributed by atoms with Crippen LogP contribution in [0.3, 0.4) is 0 Å². The molecule has 0 radical (unpaired) electrons. The largest absolute Gasteiger partial charge is 0.316 e. The van der Waals surface area contributed by atoms with Crippen LogP contribution in [0.4, 0.5) is 0 Å². The molecule has 1 aliphatic rings. The highest BCUT2D eigenvalue weighted by Gasteiger charge is 2.26. The highest BCUT2D eigenvalue weighted by molar-refractivity contribution is 8.00. The number of benzene rings is 1. The number of hydrogen-bond donors (Lipinski definition) is 1. The maximum atomic E-state index is 3.44. The lowest BCUT2D eigenvalue weighted by Crippen LogP contribution is -2.30. The summed E-state index contributed by atoms with van der Waals surface area (Å²) < 4.78 is 0. The first kappa shape index (κ1) is 12.0. The molecule has 0 spiro atoms. The Morgan fingerprint density at radius 1 is 1.25 bits per heavy atom. The number of nitrogens with one attached hydrogen (secondary N) is 1. The Kier molecular flexibility index (Phi) is 3.93. The average molecular weight is 235 g/mol. The zero-order valence-electron chi connectivity index (χ0n) is 10.4. The van der Waals surface area contributed by atoms with Gasteiger partial charge in [-0.15, -0.1) is 11.8 Å². The second kappa shape index (κ2) is 5.24. The Hall–Kier alpha value is -0.470. The van der Waals surface area contributed by atoms with Crippen molar-refractivity contribution in [2.75, 3.05) is 7.05 Å². The number of rotatable bonds is 3. The molecule has 2 rings (SSSR count). The van der Waals surface area contributed by atoms with Crippen LogP contribution in [0, 0.1) is 13.8 Å². The van der Waals surface area contributed by atoms with Gasteiger partial charge in [-0.05, 0) is 45.4 Å². The summed E-state index contributed by atoms with van der Waals surface area (Å²) in [5.41, 5.74) is 2.78. The van der Waals surface area contributed by atoms with E-state index in [1.807, 2.05) is 0 Å². The molecule has 0 saturated heterocycles. The molecule has 1 nitrogen and oxygen atoms in total. The van der Waals surface area contributed by atoms with Crippen LogP contribution in [0.25, 0.3) is 0 Å². The molecular formula is C14H21NS. The van der Waals surface area contributed by atoms with Gasteiger partial charge in [0.25, 0.3) is 0 Å². The Labute approximate surface area is 103 Å². The van der Waals surface area contributed by atoms with E-state index >= 15 is 0 Å². The summed E-state index contributed by atoms with van der Waals surface area (Å²) in [5.74, 6) is 0. The van der Waals surface area contributed by atoms with Crippen LogP contribution in [0.15, 0.2) is 23.1 Å². The molecule has 0 bridgehead atoms. The van der Waals surface area contributed by atoms with E-state index in [9.17, 15) is 0 Å². The van der Waals surface area contributed by atoms with E-state index in [1.54, 1.807) is 0 Å². The first-order valence-electron chi connectivity index (χ1n) is 6.12. The fourth-order valence-electron chi connectivity index (χ4n) is 2.49. The normalized spacial score (nSPS) is 24.9. The monoisotopic (exact) mass is 235 g/mol. The van der Waals surface area contributed by atoms with Crippen LogP contribution in [-0.2, 0) is 0 Å². The Morgan fingerprint density at radius 2 is 2.06 bits per heavy atom. The van der Waals surface area contributed by atoms with Crippen LogP contribution in [0.5, 0.6) is 0 Å². The summed E-state index contributed by atoms with van der Waals surface area (Å²) in [6, 6.07) is 7.48. The molecule has 1 aliphatic carbocycles. The predicted octanol–water partition coefficient (Wildman–Crippen LogP) is 3.54. The van der Waals surface area contributed by atoms with Crippen molar-refractivity contribution in [3.63, 3.8) is 0 Å². The first-order chi connectivity index (χ1) is 7.70. The smallest absolute Gasteiger partial charge is 0.0248 e. The van der Waals surface area contributed by atoms with Crippen molar-refractivity contribution in [1.82, 2.24) is 5.32 Å². The van der Waals surface area contributed by atoms with Crippen molar-refractivity contribution in [3.05, 3.63) is 29.3 Å². The van der Waals surface area contributed by atoms with Gasteiger partial charge in [0.2, 0.25) is 0 Å². The van der Waals surface area contributed by atoms with Gasteiger partial charge in [0, 0.05) is 16.2 Å². The van der Waals surface area contributed by atoms with Crippen molar-refractivity contribution in [2.24, 2.45) is 0 Å². The highest BCUT2D eigenvalue weighted by Crippen LogP contribution is 2.36. The second-order valence-electron chi connectivity index (χ2n) is 4.75. The van der Waals surface area contributed by atoms with Crippen LogP contribution in [0.2, 0.25) is 0 Å². The fourth-order valence-corrected chi connectivity index (χ4v) is 3.93. The average Bonchev–Trinajstić information content (AvgIpc) is 2.69. The fraction of sp³-hybridized carbons (Fsp3) is 0.571. The van der Waals surface area contributed by atoms with Crippen molar-refractivity contribution < 1.29 is 0 Å². The SMILES string of the molecule is CNC1CCCC1Sc1ccc(C)cc1C. The van der Waals surface area contributed by atoms with Gasteiger partial charge < -0.3 is 5.32 Å². The topological polar surface area (TPSA) is 12.0 Å². The van der Waals surface area contributed by atoms with Gasteiger partial charge in [-0.25, -0.2) is 0 Å². The maximum Gasteiger partial charge on any atom is 0.0248 e. The summed E-state index contributed by atoms with van der Waals surface area (Å²) in [5, 5.41) is 4.20. The van der Waals surface area contributed by atoms with E-state index in [-0.39, 0.29) is 0 Å². The Morgan fingerprint density at radius 3 is 2.75 bits per heavy atom. The molecule has 0 heterocycles. The Bertz CT molecular complexity index is 362. The zero-order valence-corrected chi connectivity index (χ0v) is 11.2. The standard InChI is InChI=1S/C14H21NS/c1-10-7-8-13(11(2)9-10)16-14-6-4-5-12(14)15-3/h7-9,12,14-15H,4-6H2,1-3H3. The molecule has 1 saturated carbocycles. The van der Waals surface area contributed by atoms with Crippen molar-refractivity contribution in [1.29, 1.82) is 0 Å². The summed E-state index contributed by atoms with van der Waals surface area (Å²) in [6.07, 6.45) is 4.05. The van der Waals surface area contributed by atoms with Gasteiger partial charge in [0.05, 0.1) is 0 Å². The number of thioether (sulfide) groups is 1. The number of aryl methyl sites for hydroxylation is 2. The van der Waals surface area contributed by atoms with E-state index in [1.165, 1.54) is 35.3 Å². The lowest BCUT2D eigenvalue weighted by atomic mass is 10.2. The molecule has 1 N–H and O–H groups in total. The van der Waals surface area contributed by atoms with E-state index in [4.69, 9.17) is 0 Å². The summed E-state index contributed by atoms with van der Waals surface area (Å²) in [7, 11) is 2.09. The molecule has 88 valence electrons. The minimum atomic E-state index is 0.700. The molecule has 1 aromatic carbocycles. The molecule has 0 aliphatic heterocycles. The second-order valence-corrected chi connectivity index (χ2v) is 6.03. The predicted molar refractivity (Wildman–Crippen MR) is 72.3 cm³/mol. The van der Waals surface area contributed by atoms with Crippen LogP contribution >= 0.6 is 11.8 Å².